The zero-order valence-electron chi connectivity index (χ0n) is 19.6. The number of methoxy groups -OCH3 is 2. The maximum absolute atomic E-state index is 13.7. The first-order valence-electron chi connectivity index (χ1n) is 10.7. The van der Waals surface area contributed by atoms with Gasteiger partial charge in [0.25, 0.3) is 0 Å². The minimum Gasteiger partial charge on any atom is -0.497 e. The first-order chi connectivity index (χ1) is 16.7. The first kappa shape index (κ1) is 25.7. The highest BCUT2D eigenvalue weighted by molar-refractivity contribution is 7.89. The average Bonchev–Trinajstić information content (AvgIpc) is 2.84. The molecule has 0 heterocycles. The summed E-state index contributed by atoms with van der Waals surface area (Å²) in [7, 11) is -1.35. The van der Waals surface area contributed by atoms with E-state index in [1.54, 1.807) is 54.6 Å². The third-order valence-corrected chi connectivity index (χ3v) is 6.81. The third kappa shape index (κ3) is 6.81. The van der Waals surface area contributed by atoms with Crippen molar-refractivity contribution in [1.29, 1.82) is 0 Å². The molecule has 184 valence electrons. The molecule has 35 heavy (non-hydrogen) atoms. The second kappa shape index (κ2) is 11.5. The molecule has 3 rings (SSSR count). The number of nitrogens with zero attached hydrogens (tertiary/aromatic N) is 1. The Morgan fingerprint density at radius 1 is 0.857 bits per heavy atom. The second-order valence-corrected chi connectivity index (χ2v) is 9.49. The maximum atomic E-state index is 13.7. The third-order valence-electron chi connectivity index (χ3n) is 5.00. The van der Waals surface area contributed by atoms with Crippen molar-refractivity contribution in [1.82, 2.24) is 4.31 Å². The van der Waals surface area contributed by atoms with Crippen LogP contribution in [0.25, 0.3) is 0 Å². The van der Waals surface area contributed by atoms with Gasteiger partial charge in [0.05, 0.1) is 20.8 Å². The molecule has 0 fully saturated rings. The molecule has 0 saturated carbocycles. The highest BCUT2D eigenvalue weighted by Crippen LogP contribution is 2.31. The van der Waals surface area contributed by atoms with Gasteiger partial charge in [-0.1, -0.05) is 30.3 Å². The number of hydrogen-bond donors (Lipinski definition) is 2. The largest absolute Gasteiger partial charge is 0.497 e. The summed E-state index contributed by atoms with van der Waals surface area (Å²) in [5.74, 6) is -0.263. The van der Waals surface area contributed by atoms with E-state index < -0.39 is 22.5 Å². The van der Waals surface area contributed by atoms with Crippen molar-refractivity contribution in [3.8, 4) is 11.5 Å². The lowest BCUT2D eigenvalue weighted by Crippen LogP contribution is -2.37. The van der Waals surface area contributed by atoms with Crippen molar-refractivity contribution in [2.75, 3.05) is 31.4 Å². The Hall–Kier alpha value is -3.89. The molecule has 9 nitrogen and oxygen atoms in total. The summed E-state index contributed by atoms with van der Waals surface area (Å²) in [5, 5.41) is 5.34. The van der Waals surface area contributed by atoms with Crippen molar-refractivity contribution >= 4 is 33.2 Å². The molecule has 2 N–H and O–H groups in total. The molecule has 0 aromatic heterocycles. The average molecular weight is 498 g/mol. The summed E-state index contributed by atoms with van der Waals surface area (Å²) < 4.78 is 38.9. The van der Waals surface area contributed by atoms with Crippen LogP contribution in [0.15, 0.2) is 77.7 Å². The fourth-order valence-corrected chi connectivity index (χ4v) is 4.89. The van der Waals surface area contributed by atoms with Crippen molar-refractivity contribution in [3.63, 3.8) is 0 Å². The van der Waals surface area contributed by atoms with E-state index in [-0.39, 0.29) is 23.1 Å². The summed E-state index contributed by atoms with van der Waals surface area (Å²) in [6, 6.07) is 19.9. The smallest absolute Gasteiger partial charge is 0.247 e. The lowest BCUT2D eigenvalue weighted by molar-refractivity contribution is -0.116. The normalized spacial score (nSPS) is 11.1. The molecule has 0 saturated heterocycles. The van der Waals surface area contributed by atoms with Gasteiger partial charge in [0.1, 0.15) is 16.4 Å². The van der Waals surface area contributed by atoms with Gasteiger partial charge in [-0.2, -0.15) is 4.31 Å². The summed E-state index contributed by atoms with van der Waals surface area (Å²) in [5.41, 5.74) is 1.75. The van der Waals surface area contributed by atoms with E-state index in [0.29, 0.717) is 22.7 Å². The fourth-order valence-electron chi connectivity index (χ4n) is 3.34. The Morgan fingerprint density at radius 3 is 2.06 bits per heavy atom. The lowest BCUT2D eigenvalue weighted by Gasteiger charge is -2.23. The molecule has 0 aliphatic carbocycles. The van der Waals surface area contributed by atoms with Gasteiger partial charge in [-0.25, -0.2) is 8.42 Å². The summed E-state index contributed by atoms with van der Waals surface area (Å²) in [4.78, 5) is 24.0. The molecule has 0 unspecified atom stereocenters. The van der Waals surface area contributed by atoms with E-state index in [2.05, 4.69) is 10.6 Å². The molecule has 0 bridgehead atoms. The number of nitrogens with one attached hydrogen (secondary N) is 2. The van der Waals surface area contributed by atoms with Crippen LogP contribution in [-0.4, -0.2) is 45.3 Å². The van der Waals surface area contributed by atoms with Crippen LogP contribution in [0.3, 0.4) is 0 Å². The topological polar surface area (TPSA) is 114 Å². The van der Waals surface area contributed by atoms with E-state index in [4.69, 9.17) is 9.47 Å². The first-order valence-corrected chi connectivity index (χ1v) is 12.1. The van der Waals surface area contributed by atoms with Gasteiger partial charge in [-0.3, -0.25) is 9.59 Å². The van der Waals surface area contributed by atoms with E-state index in [1.807, 2.05) is 6.07 Å². The number of anilines is 2. The molecule has 0 aliphatic rings. The number of ether oxygens (including phenoxy) is 2. The number of carbonyl (C=O) groups excluding carboxylic acids is 2. The number of carbonyl (C=O) groups is 2. The van der Waals surface area contributed by atoms with Gasteiger partial charge >= 0.3 is 0 Å². The summed E-state index contributed by atoms with van der Waals surface area (Å²) >= 11 is 0. The molecule has 10 heteroatoms. The van der Waals surface area contributed by atoms with E-state index in [1.165, 1.54) is 33.3 Å². The molecule has 2 amide bonds. The maximum Gasteiger partial charge on any atom is 0.247 e. The Labute approximate surface area is 204 Å². The summed E-state index contributed by atoms with van der Waals surface area (Å²) in [6.07, 6.45) is 0. The fraction of sp³-hybridized carbons (Fsp3) is 0.200. The van der Waals surface area contributed by atoms with Crippen LogP contribution >= 0.6 is 0 Å². The SMILES string of the molecule is COc1ccc(OC)c(S(=O)(=O)N(CC(=O)Nc2ccc(NC(C)=O)cc2)Cc2ccccc2)c1. The Balaban J connectivity index is 1.88. The van der Waals surface area contributed by atoms with Crippen LogP contribution in [0.2, 0.25) is 0 Å². The van der Waals surface area contributed by atoms with E-state index >= 15 is 0 Å². The monoisotopic (exact) mass is 497 g/mol. The van der Waals surface area contributed by atoms with Gasteiger partial charge < -0.3 is 20.1 Å². The van der Waals surface area contributed by atoms with Crippen LogP contribution in [0.4, 0.5) is 11.4 Å². The van der Waals surface area contributed by atoms with Crippen molar-refractivity contribution < 1.29 is 27.5 Å². The molecular formula is C25H27N3O6S. The van der Waals surface area contributed by atoms with Gasteiger partial charge in [-0.05, 0) is 42.0 Å². The van der Waals surface area contributed by atoms with Crippen molar-refractivity contribution in [2.45, 2.75) is 18.4 Å². The number of rotatable bonds is 10. The zero-order chi connectivity index (χ0) is 25.4. The van der Waals surface area contributed by atoms with Crippen molar-refractivity contribution in [3.05, 3.63) is 78.4 Å². The van der Waals surface area contributed by atoms with Gasteiger partial charge in [-0.15, -0.1) is 0 Å². The molecule has 0 aliphatic heterocycles. The van der Waals surface area contributed by atoms with Crippen molar-refractivity contribution in [2.24, 2.45) is 0 Å². The van der Waals surface area contributed by atoms with Crippen LogP contribution in [0.1, 0.15) is 12.5 Å². The predicted octanol–water partition coefficient (Wildman–Crippen LogP) is 3.49. The zero-order valence-corrected chi connectivity index (χ0v) is 20.5. The van der Waals surface area contributed by atoms with E-state index in [0.717, 1.165) is 4.31 Å². The van der Waals surface area contributed by atoms with Crippen LogP contribution < -0.4 is 20.1 Å². The van der Waals surface area contributed by atoms with Gasteiger partial charge in [0.15, 0.2) is 0 Å². The highest BCUT2D eigenvalue weighted by Gasteiger charge is 2.30. The summed E-state index contributed by atoms with van der Waals surface area (Å²) in [6.45, 7) is 0.929. The number of amides is 2. The Kier molecular flexibility index (Phi) is 8.45. The van der Waals surface area contributed by atoms with Crippen LogP contribution in [-0.2, 0) is 26.2 Å². The molecule has 3 aromatic rings. The lowest BCUT2D eigenvalue weighted by atomic mass is 10.2. The van der Waals surface area contributed by atoms with Gasteiger partial charge in [0.2, 0.25) is 21.8 Å². The molecule has 0 atom stereocenters. The second-order valence-electron chi connectivity index (χ2n) is 7.58. The standard InChI is InChI=1S/C25H27N3O6S/c1-18(29)26-20-9-11-21(12-10-20)27-25(30)17-28(16-19-7-5-4-6-8-19)35(31,32)24-15-22(33-2)13-14-23(24)34-3/h4-15H,16-17H2,1-3H3,(H,26,29)(H,27,30). The minimum atomic E-state index is -4.16. The predicted molar refractivity (Wildman–Crippen MR) is 133 cm³/mol. The number of hydrogen-bond acceptors (Lipinski definition) is 6. The molecule has 0 spiro atoms. The van der Waals surface area contributed by atoms with E-state index in [9.17, 15) is 18.0 Å². The molecule has 3 aromatic carbocycles. The molecular weight excluding hydrogens is 470 g/mol. The van der Waals surface area contributed by atoms with Crippen LogP contribution in [0, 0.1) is 0 Å². The Bertz CT molecular complexity index is 1280. The van der Waals surface area contributed by atoms with Crippen LogP contribution in [0.5, 0.6) is 11.5 Å². The van der Waals surface area contributed by atoms with Gasteiger partial charge in [0, 0.05) is 30.9 Å². The quantitative estimate of drug-likeness (QED) is 0.443. The highest BCUT2D eigenvalue weighted by atomic mass is 32.2. The Morgan fingerprint density at radius 2 is 1.49 bits per heavy atom. The number of sulfonamides is 1. The number of benzene rings is 3. The minimum absolute atomic E-state index is 0.0293. The molecule has 0 radical (unpaired) electrons.